The molecular formula is C21H21N3O3S. The lowest BCUT2D eigenvalue weighted by Crippen LogP contribution is -2.43. The van der Waals surface area contributed by atoms with Crippen LogP contribution < -0.4 is 5.32 Å². The molecule has 0 fully saturated rings. The van der Waals surface area contributed by atoms with Gasteiger partial charge in [-0.3, -0.25) is 9.78 Å². The van der Waals surface area contributed by atoms with Crippen LogP contribution >= 0.6 is 11.8 Å². The maximum atomic E-state index is 11.7. The van der Waals surface area contributed by atoms with Crippen molar-refractivity contribution >= 4 is 28.6 Å². The molecule has 0 bridgehead atoms. The van der Waals surface area contributed by atoms with Crippen molar-refractivity contribution in [3.8, 4) is 5.69 Å². The van der Waals surface area contributed by atoms with E-state index < -0.39 is 16.8 Å². The minimum Gasteiger partial charge on any atom is -0.481 e. The fourth-order valence-corrected chi connectivity index (χ4v) is 4.74. The molecular weight excluding hydrogens is 374 g/mol. The molecule has 3 aromatic rings. The van der Waals surface area contributed by atoms with Gasteiger partial charge in [-0.15, -0.1) is 0 Å². The lowest BCUT2D eigenvalue weighted by Gasteiger charge is -2.33. The molecule has 3 heterocycles. The summed E-state index contributed by atoms with van der Waals surface area (Å²) in [5.74, 6) is -1.44. The third-order valence-electron chi connectivity index (χ3n) is 5.10. The number of nitrogens with one attached hydrogen (secondary N) is 1. The van der Waals surface area contributed by atoms with Crippen LogP contribution in [0.4, 0.5) is 0 Å². The van der Waals surface area contributed by atoms with Gasteiger partial charge in [0.25, 0.3) is 0 Å². The van der Waals surface area contributed by atoms with Crippen molar-refractivity contribution in [3.63, 3.8) is 0 Å². The number of hydrogen-bond acceptors (Lipinski definition) is 5. The highest BCUT2D eigenvalue weighted by atomic mass is 32.2. The van der Waals surface area contributed by atoms with E-state index in [-0.39, 0.29) is 0 Å². The molecule has 1 aromatic carbocycles. The zero-order valence-electron chi connectivity index (χ0n) is 15.6. The van der Waals surface area contributed by atoms with Gasteiger partial charge in [0.2, 0.25) is 0 Å². The number of hydrogen-bond donors (Lipinski definition) is 2. The molecule has 28 heavy (non-hydrogen) atoms. The maximum absolute atomic E-state index is 11.7. The standard InChI is InChI=1S/C21H21N3O3S/c1-14(20(25)26)21(23-8-9-28-21)16-5-6-19-15(10-16)11-18(13-27-2)24(19)17-4-3-7-22-12-17/h3-12,14,23H,13H2,1-2H3,(H,25,26). The first-order valence-corrected chi connectivity index (χ1v) is 9.82. The molecule has 2 aromatic heterocycles. The SMILES string of the molecule is COCc1cc2cc(C3(C(C)C(=O)O)NC=CS3)ccc2n1-c1cccnc1. The molecule has 4 rings (SSSR count). The minimum absolute atomic E-state index is 0.462. The first-order chi connectivity index (χ1) is 13.6. The second-order valence-corrected chi connectivity index (χ2v) is 7.90. The molecule has 0 radical (unpaired) electrons. The van der Waals surface area contributed by atoms with Crippen LogP contribution in [0.5, 0.6) is 0 Å². The van der Waals surface area contributed by atoms with E-state index >= 15 is 0 Å². The summed E-state index contributed by atoms with van der Waals surface area (Å²) in [6.45, 7) is 2.20. The van der Waals surface area contributed by atoms with Crippen LogP contribution in [0, 0.1) is 5.92 Å². The second-order valence-electron chi connectivity index (χ2n) is 6.75. The van der Waals surface area contributed by atoms with Gasteiger partial charge < -0.3 is 19.7 Å². The Balaban J connectivity index is 1.87. The summed E-state index contributed by atoms with van der Waals surface area (Å²) >= 11 is 1.49. The summed E-state index contributed by atoms with van der Waals surface area (Å²) in [7, 11) is 1.67. The summed E-state index contributed by atoms with van der Waals surface area (Å²) in [6, 6.07) is 12.1. The number of aliphatic carboxylic acids is 1. The molecule has 1 aliphatic heterocycles. The molecule has 144 valence electrons. The van der Waals surface area contributed by atoms with E-state index in [0.29, 0.717) is 6.61 Å². The highest BCUT2D eigenvalue weighted by Crippen LogP contribution is 2.45. The smallest absolute Gasteiger partial charge is 0.309 e. The number of pyridine rings is 1. The van der Waals surface area contributed by atoms with Crippen LogP contribution in [0.15, 0.2) is 60.4 Å². The van der Waals surface area contributed by atoms with E-state index in [4.69, 9.17) is 4.74 Å². The fourth-order valence-electron chi connectivity index (χ4n) is 3.68. The van der Waals surface area contributed by atoms with Crippen molar-refractivity contribution in [3.05, 3.63) is 71.7 Å². The number of carboxylic acid groups (broad SMARTS) is 1. The number of carboxylic acids is 1. The molecule has 0 aliphatic carbocycles. The van der Waals surface area contributed by atoms with Gasteiger partial charge in [-0.05, 0) is 48.2 Å². The van der Waals surface area contributed by atoms with Crippen molar-refractivity contribution in [1.82, 2.24) is 14.9 Å². The maximum Gasteiger partial charge on any atom is 0.309 e. The number of carbonyl (C=O) groups is 1. The van der Waals surface area contributed by atoms with Gasteiger partial charge >= 0.3 is 5.97 Å². The molecule has 2 atom stereocenters. The van der Waals surface area contributed by atoms with Gasteiger partial charge in [0.15, 0.2) is 0 Å². The van der Waals surface area contributed by atoms with E-state index in [9.17, 15) is 9.90 Å². The summed E-state index contributed by atoms with van der Waals surface area (Å²) in [5, 5.41) is 15.8. The Morgan fingerprint density at radius 2 is 2.25 bits per heavy atom. The fraction of sp³-hybridized carbons (Fsp3) is 0.238. The number of benzene rings is 1. The molecule has 0 saturated carbocycles. The lowest BCUT2D eigenvalue weighted by molar-refractivity contribution is -0.142. The first-order valence-electron chi connectivity index (χ1n) is 8.94. The average molecular weight is 395 g/mol. The zero-order chi connectivity index (χ0) is 19.7. The normalized spacial score (nSPS) is 19.6. The molecule has 1 aliphatic rings. The van der Waals surface area contributed by atoms with Gasteiger partial charge in [0.1, 0.15) is 4.87 Å². The van der Waals surface area contributed by atoms with Crippen molar-refractivity contribution < 1.29 is 14.6 Å². The topological polar surface area (TPSA) is 76.4 Å². The van der Waals surface area contributed by atoms with Gasteiger partial charge in [-0.2, -0.15) is 0 Å². The Kier molecular flexibility index (Phi) is 4.87. The highest BCUT2D eigenvalue weighted by molar-refractivity contribution is 8.03. The van der Waals surface area contributed by atoms with Crippen LogP contribution in [0.1, 0.15) is 18.2 Å². The Labute approximate surface area is 167 Å². The van der Waals surface area contributed by atoms with E-state index in [1.807, 2.05) is 42.1 Å². The van der Waals surface area contributed by atoms with Crippen LogP contribution in [0.25, 0.3) is 16.6 Å². The number of aromatic nitrogens is 2. The number of ether oxygens (including phenoxy) is 1. The van der Waals surface area contributed by atoms with E-state index in [0.717, 1.165) is 27.8 Å². The number of thioether (sulfide) groups is 1. The van der Waals surface area contributed by atoms with Gasteiger partial charge in [-0.1, -0.05) is 17.8 Å². The van der Waals surface area contributed by atoms with E-state index in [1.54, 1.807) is 20.2 Å². The summed E-state index contributed by atoms with van der Waals surface area (Å²) in [4.78, 5) is 15.3. The number of fused-ring (bicyclic) bond motifs is 1. The van der Waals surface area contributed by atoms with Crippen LogP contribution in [0.2, 0.25) is 0 Å². The number of methoxy groups -OCH3 is 1. The van der Waals surface area contributed by atoms with Gasteiger partial charge in [-0.25, -0.2) is 0 Å². The predicted octanol–water partition coefficient (Wildman–Crippen LogP) is 3.85. The molecule has 2 N–H and O–H groups in total. The monoisotopic (exact) mass is 395 g/mol. The summed E-state index contributed by atoms with van der Waals surface area (Å²) < 4.78 is 7.52. The second kappa shape index (κ2) is 7.33. The molecule has 7 heteroatoms. The summed E-state index contributed by atoms with van der Waals surface area (Å²) in [5.41, 5.74) is 3.92. The number of nitrogens with zero attached hydrogens (tertiary/aromatic N) is 2. The number of rotatable bonds is 6. The molecule has 0 saturated heterocycles. The van der Waals surface area contributed by atoms with Crippen molar-refractivity contribution in [1.29, 1.82) is 0 Å². The average Bonchev–Trinajstić information content (AvgIpc) is 3.33. The molecule has 0 amide bonds. The Morgan fingerprint density at radius 1 is 1.39 bits per heavy atom. The van der Waals surface area contributed by atoms with Crippen molar-refractivity contribution in [2.75, 3.05) is 7.11 Å². The molecule has 2 unspecified atom stereocenters. The quantitative estimate of drug-likeness (QED) is 0.660. The zero-order valence-corrected chi connectivity index (χ0v) is 16.4. The summed E-state index contributed by atoms with van der Waals surface area (Å²) in [6.07, 6.45) is 5.38. The van der Waals surface area contributed by atoms with Crippen LogP contribution in [0.3, 0.4) is 0 Å². The minimum atomic E-state index is -0.836. The lowest BCUT2D eigenvalue weighted by atomic mass is 9.93. The van der Waals surface area contributed by atoms with E-state index in [1.165, 1.54) is 11.8 Å². The molecule has 0 spiro atoms. The van der Waals surface area contributed by atoms with Crippen molar-refractivity contribution in [2.24, 2.45) is 5.92 Å². The Hall–Kier alpha value is -2.77. The van der Waals surface area contributed by atoms with Crippen LogP contribution in [-0.2, 0) is 21.0 Å². The van der Waals surface area contributed by atoms with Crippen molar-refractivity contribution in [2.45, 2.75) is 18.4 Å². The molecule has 6 nitrogen and oxygen atoms in total. The largest absolute Gasteiger partial charge is 0.481 e. The van der Waals surface area contributed by atoms with Gasteiger partial charge in [0.05, 0.1) is 29.9 Å². The first kappa shape index (κ1) is 18.6. The Morgan fingerprint density at radius 3 is 2.89 bits per heavy atom. The van der Waals surface area contributed by atoms with Crippen LogP contribution in [-0.4, -0.2) is 27.7 Å². The highest BCUT2D eigenvalue weighted by Gasteiger charge is 2.43. The van der Waals surface area contributed by atoms with E-state index in [2.05, 4.69) is 27.0 Å². The third-order valence-corrected chi connectivity index (χ3v) is 6.45. The predicted molar refractivity (Wildman–Crippen MR) is 110 cm³/mol. The van der Waals surface area contributed by atoms with Gasteiger partial charge in [0, 0.05) is 30.6 Å². The third kappa shape index (κ3) is 2.96. The Bertz CT molecular complexity index is 1040.